The number of benzene rings is 2. The van der Waals surface area contributed by atoms with E-state index in [-0.39, 0.29) is 31.4 Å². The highest BCUT2D eigenvalue weighted by Crippen LogP contribution is 2.23. The molecule has 2 N–H and O–H groups in total. The summed E-state index contributed by atoms with van der Waals surface area (Å²) in [6.45, 7) is 0.731. The van der Waals surface area contributed by atoms with Crippen LogP contribution in [0.3, 0.4) is 0 Å². The molecule has 0 spiro atoms. The lowest BCUT2D eigenvalue weighted by atomic mass is 10.2. The minimum Gasteiger partial charge on any atom is -0.406 e. The number of nitrogens with zero attached hydrogens (tertiary/aromatic N) is 1. The maximum Gasteiger partial charge on any atom is 0.573 e. The van der Waals surface area contributed by atoms with Crippen LogP contribution in [0.5, 0.6) is 5.75 Å². The second-order valence-corrected chi connectivity index (χ2v) is 6.47. The van der Waals surface area contributed by atoms with Crippen molar-refractivity contribution in [2.45, 2.75) is 19.1 Å². The number of likely N-dealkylation sites (N-methyl/N-ethyl adjacent to an activating group) is 1. The Bertz CT molecular complexity index is 755. The van der Waals surface area contributed by atoms with Crippen molar-refractivity contribution in [1.82, 2.24) is 4.90 Å². The zero-order valence-corrected chi connectivity index (χ0v) is 15.9. The summed E-state index contributed by atoms with van der Waals surface area (Å²) >= 11 is 0. The van der Waals surface area contributed by atoms with Gasteiger partial charge in [0.2, 0.25) is 5.91 Å². The summed E-state index contributed by atoms with van der Waals surface area (Å²) in [6.07, 6.45) is -5.53. The smallest absolute Gasteiger partial charge is 0.406 e. The van der Waals surface area contributed by atoms with Gasteiger partial charge in [0, 0.05) is 12.2 Å². The highest BCUT2D eigenvalue weighted by molar-refractivity contribution is 5.92. The molecule has 2 aromatic rings. The van der Waals surface area contributed by atoms with Gasteiger partial charge in [0.15, 0.2) is 0 Å². The van der Waals surface area contributed by atoms with Crippen LogP contribution in [0.4, 0.5) is 18.9 Å². The van der Waals surface area contributed by atoms with Gasteiger partial charge < -0.3 is 19.9 Å². The Morgan fingerprint density at radius 3 is 2.41 bits per heavy atom. The van der Waals surface area contributed by atoms with Gasteiger partial charge in [0.25, 0.3) is 0 Å². The topological polar surface area (TPSA) is 71.0 Å². The molecule has 0 aliphatic carbocycles. The lowest BCUT2D eigenvalue weighted by molar-refractivity contribution is -0.274. The van der Waals surface area contributed by atoms with Crippen LogP contribution < -0.4 is 10.1 Å². The lowest BCUT2D eigenvalue weighted by Gasteiger charge is -2.20. The Morgan fingerprint density at radius 1 is 1.14 bits per heavy atom. The maximum absolute atomic E-state index is 12.1. The van der Waals surface area contributed by atoms with Crippen LogP contribution in [0.15, 0.2) is 54.6 Å². The molecule has 0 fully saturated rings. The van der Waals surface area contributed by atoms with Crippen LogP contribution in [0.1, 0.15) is 5.56 Å². The molecule has 0 aromatic heterocycles. The van der Waals surface area contributed by atoms with Crippen molar-refractivity contribution in [1.29, 1.82) is 0 Å². The molecular formula is C20H23F3N2O4. The highest BCUT2D eigenvalue weighted by atomic mass is 19.4. The van der Waals surface area contributed by atoms with Gasteiger partial charge in [-0.3, -0.25) is 9.69 Å². The summed E-state index contributed by atoms with van der Waals surface area (Å²) in [5, 5.41) is 12.6. The first-order valence-corrected chi connectivity index (χ1v) is 8.85. The fraction of sp³-hybridized carbons (Fsp3) is 0.350. The van der Waals surface area contributed by atoms with Crippen molar-refractivity contribution >= 4 is 11.6 Å². The van der Waals surface area contributed by atoms with Gasteiger partial charge in [-0.15, -0.1) is 13.2 Å². The molecular weight excluding hydrogens is 389 g/mol. The third kappa shape index (κ3) is 9.42. The lowest BCUT2D eigenvalue weighted by Crippen LogP contribution is -2.37. The van der Waals surface area contributed by atoms with Crippen molar-refractivity contribution < 1.29 is 32.5 Å². The summed E-state index contributed by atoms with van der Waals surface area (Å²) in [5.41, 5.74) is 1.34. The molecule has 1 amide bonds. The molecule has 29 heavy (non-hydrogen) atoms. The van der Waals surface area contributed by atoms with E-state index < -0.39 is 12.5 Å². The molecule has 9 heteroatoms. The molecule has 0 radical (unpaired) electrons. The molecule has 0 saturated heterocycles. The summed E-state index contributed by atoms with van der Waals surface area (Å²) in [5.74, 6) is -0.736. The zero-order valence-electron chi connectivity index (χ0n) is 15.9. The molecule has 2 aromatic carbocycles. The second kappa shape index (κ2) is 10.8. The molecule has 6 nitrogen and oxygen atoms in total. The Hall–Kier alpha value is -2.62. The fourth-order valence-corrected chi connectivity index (χ4v) is 2.55. The Labute approximate surface area is 166 Å². The van der Waals surface area contributed by atoms with Crippen molar-refractivity contribution in [2.75, 3.05) is 32.1 Å². The Balaban J connectivity index is 1.68. The quantitative estimate of drug-likeness (QED) is 0.628. The number of nitrogens with one attached hydrogen (secondary N) is 1. The van der Waals surface area contributed by atoms with Gasteiger partial charge >= 0.3 is 6.36 Å². The number of carbonyl (C=O) groups excluding carboxylic acids is 1. The number of amides is 1. The van der Waals surface area contributed by atoms with Crippen molar-refractivity contribution in [3.63, 3.8) is 0 Å². The molecule has 0 bridgehead atoms. The number of aliphatic hydroxyl groups is 1. The number of ether oxygens (including phenoxy) is 2. The average molecular weight is 412 g/mol. The monoisotopic (exact) mass is 412 g/mol. The summed E-state index contributed by atoms with van der Waals surface area (Å²) in [6, 6.07) is 14.4. The van der Waals surface area contributed by atoms with Crippen LogP contribution in [-0.2, 0) is 16.1 Å². The van der Waals surface area contributed by atoms with Crippen LogP contribution >= 0.6 is 0 Å². The zero-order chi connectivity index (χ0) is 21.3. The fourth-order valence-electron chi connectivity index (χ4n) is 2.55. The van der Waals surface area contributed by atoms with E-state index in [4.69, 9.17) is 4.74 Å². The predicted molar refractivity (Wildman–Crippen MR) is 101 cm³/mol. The minimum atomic E-state index is -4.76. The van der Waals surface area contributed by atoms with Gasteiger partial charge in [-0.2, -0.15) is 0 Å². The van der Waals surface area contributed by atoms with E-state index in [1.165, 1.54) is 12.1 Å². The number of carbonyl (C=O) groups is 1. The SMILES string of the molecule is CN(CC(=O)Nc1ccc(OC(F)(F)F)cc1)CC(O)COCc1ccccc1. The van der Waals surface area contributed by atoms with Gasteiger partial charge in [-0.25, -0.2) is 0 Å². The molecule has 1 unspecified atom stereocenters. The highest BCUT2D eigenvalue weighted by Gasteiger charge is 2.30. The van der Waals surface area contributed by atoms with E-state index in [9.17, 15) is 23.1 Å². The molecule has 0 aliphatic rings. The number of halogens is 3. The van der Waals surface area contributed by atoms with Crippen LogP contribution in [0, 0.1) is 0 Å². The summed E-state index contributed by atoms with van der Waals surface area (Å²) in [7, 11) is 1.67. The van der Waals surface area contributed by atoms with Gasteiger partial charge in [0.1, 0.15) is 5.75 Å². The number of aliphatic hydroxyl groups excluding tert-OH is 1. The van der Waals surface area contributed by atoms with Gasteiger partial charge in [-0.05, 0) is 36.9 Å². The molecule has 1 atom stereocenters. The van der Waals surface area contributed by atoms with Crippen LogP contribution in [0.2, 0.25) is 0 Å². The Kier molecular flexibility index (Phi) is 8.44. The van der Waals surface area contributed by atoms with Crippen molar-refractivity contribution in [3.05, 3.63) is 60.2 Å². The van der Waals surface area contributed by atoms with E-state index in [0.29, 0.717) is 12.3 Å². The number of rotatable bonds is 10. The molecule has 158 valence electrons. The number of hydrogen-bond donors (Lipinski definition) is 2. The van der Waals surface area contributed by atoms with E-state index in [1.54, 1.807) is 11.9 Å². The van der Waals surface area contributed by atoms with Crippen LogP contribution in [0.25, 0.3) is 0 Å². The Morgan fingerprint density at radius 2 is 1.79 bits per heavy atom. The second-order valence-electron chi connectivity index (χ2n) is 6.47. The molecule has 0 aliphatic heterocycles. The molecule has 0 saturated carbocycles. The number of hydrogen-bond acceptors (Lipinski definition) is 5. The van der Waals surface area contributed by atoms with E-state index in [2.05, 4.69) is 10.1 Å². The molecule has 0 heterocycles. The van der Waals surface area contributed by atoms with E-state index in [0.717, 1.165) is 17.7 Å². The van der Waals surface area contributed by atoms with Crippen molar-refractivity contribution in [2.24, 2.45) is 0 Å². The summed E-state index contributed by atoms with van der Waals surface area (Å²) in [4.78, 5) is 13.7. The maximum atomic E-state index is 12.1. The largest absolute Gasteiger partial charge is 0.573 e. The third-order valence-corrected chi connectivity index (χ3v) is 3.73. The third-order valence-electron chi connectivity index (χ3n) is 3.73. The normalized spacial score (nSPS) is 12.6. The first kappa shape index (κ1) is 22.7. The first-order valence-electron chi connectivity index (χ1n) is 8.85. The van der Waals surface area contributed by atoms with Gasteiger partial charge in [-0.1, -0.05) is 30.3 Å². The van der Waals surface area contributed by atoms with Crippen molar-refractivity contribution in [3.8, 4) is 5.75 Å². The van der Waals surface area contributed by atoms with Gasteiger partial charge in [0.05, 0.1) is 25.9 Å². The number of anilines is 1. The number of alkyl halides is 3. The summed E-state index contributed by atoms with van der Waals surface area (Å²) < 4.78 is 45.6. The van der Waals surface area contributed by atoms with Crippen LogP contribution in [-0.4, -0.2) is 55.1 Å². The van der Waals surface area contributed by atoms with E-state index >= 15 is 0 Å². The standard InChI is InChI=1S/C20H23F3N2O4/c1-25(11-17(26)14-28-13-15-5-3-2-4-6-15)12-19(27)24-16-7-9-18(10-8-16)29-20(21,22)23/h2-10,17,26H,11-14H2,1H3,(H,24,27). The predicted octanol–water partition coefficient (Wildman–Crippen LogP) is 3.03. The average Bonchev–Trinajstić information content (AvgIpc) is 2.63. The first-order chi connectivity index (χ1) is 13.7. The minimum absolute atomic E-state index is 0.00342. The van der Waals surface area contributed by atoms with E-state index in [1.807, 2.05) is 30.3 Å². The molecule has 2 rings (SSSR count).